The molecule has 3 atom stereocenters. The summed E-state index contributed by atoms with van der Waals surface area (Å²) >= 11 is 0. The van der Waals surface area contributed by atoms with E-state index in [9.17, 15) is 0 Å². The molecule has 1 saturated heterocycles. The molecule has 0 spiro atoms. The molecule has 0 radical (unpaired) electrons. The largest absolute Gasteiger partial charge is 0.304 e. The topological polar surface area (TPSA) is 21.9 Å². The Morgan fingerprint density at radius 1 is 1.82 bits per heavy atom. The first kappa shape index (κ1) is 7.11. The molecule has 1 nitrogen and oxygen atoms in total. The number of allylic oxidation sites excluding steroid dienone is 2. The summed E-state index contributed by atoms with van der Waals surface area (Å²) in [5, 5.41) is 3.47. The fraction of sp³-hybridized carbons (Fsp3) is 0.600. The van der Waals surface area contributed by atoms with Crippen molar-refractivity contribution < 1.29 is 0 Å². The molecule has 1 heteroatoms. The van der Waals surface area contributed by atoms with Crippen LogP contribution in [-0.4, -0.2) is 12.1 Å². The maximum Gasteiger partial charge on any atom is 0.0413 e. The van der Waals surface area contributed by atoms with Crippen molar-refractivity contribution in [3.05, 3.63) is 24.3 Å². The number of nitrogens with one attached hydrogen (secondary N) is 1. The zero-order valence-electron chi connectivity index (χ0n) is 7.01. The molecule has 1 N–H and O–H groups in total. The predicted molar refractivity (Wildman–Crippen MR) is 47.4 cm³/mol. The van der Waals surface area contributed by atoms with Crippen LogP contribution in [0.4, 0.5) is 0 Å². The molecule has 0 unspecified atom stereocenters. The summed E-state index contributed by atoms with van der Waals surface area (Å²) in [5.41, 5.74) is 1.54. The first-order valence-electron chi connectivity index (χ1n) is 4.35. The van der Waals surface area contributed by atoms with E-state index in [0.29, 0.717) is 6.04 Å². The molecule has 60 valence electrons. The van der Waals surface area contributed by atoms with Gasteiger partial charge < -0.3 is 5.32 Å². The van der Waals surface area contributed by atoms with E-state index in [1.165, 1.54) is 12.8 Å². The minimum absolute atomic E-state index is 0.702. The van der Waals surface area contributed by atoms with Gasteiger partial charge in [0.25, 0.3) is 0 Å². The third kappa shape index (κ3) is 1.25. The Kier molecular flexibility index (Phi) is 1.61. The lowest BCUT2D eigenvalue weighted by atomic mass is 9.87. The van der Waals surface area contributed by atoms with Gasteiger partial charge in [0.2, 0.25) is 0 Å². The smallest absolute Gasteiger partial charge is 0.0413 e. The van der Waals surface area contributed by atoms with Crippen molar-refractivity contribution in [3.63, 3.8) is 0 Å². The van der Waals surface area contributed by atoms with E-state index in [1.54, 1.807) is 5.57 Å². The molecular formula is C10H15N. The van der Waals surface area contributed by atoms with Crippen molar-refractivity contribution in [2.24, 2.45) is 5.92 Å². The Morgan fingerprint density at radius 3 is 3.36 bits per heavy atom. The minimum Gasteiger partial charge on any atom is -0.304 e. The molecule has 1 aliphatic carbocycles. The molecule has 1 heterocycles. The Morgan fingerprint density at radius 2 is 2.64 bits per heavy atom. The van der Waals surface area contributed by atoms with Crippen molar-refractivity contribution in [2.75, 3.05) is 0 Å². The van der Waals surface area contributed by atoms with Gasteiger partial charge in [0.05, 0.1) is 0 Å². The molecule has 11 heavy (non-hydrogen) atoms. The van der Waals surface area contributed by atoms with E-state index in [2.05, 4.69) is 24.9 Å². The quantitative estimate of drug-likeness (QED) is 0.470. The highest BCUT2D eigenvalue weighted by Gasteiger charge is 2.42. The van der Waals surface area contributed by atoms with Gasteiger partial charge in [0.1, 0.15) is 0 Å². The molecule has 0 saturated carbocycles. The van der Waals surface area contributed by atoms with Crippen LogP contribution in [0.5, 0.6) is 0 Å². The second-order valence-electron chi connectivity index (χ2n) is 3.72. The summed E-state index contributed by atoms with van der Waals surface area (Å²) in [6.45, 7) is 6.01. The van der Waals surface area contributed by atoms with Crippen molar-refractivity contribution in [1.29, 1.82) is 0 Å². The fourth-order valence-corrected chi connectivity index (χ4v) is 2.11. The second-order valence-corrected chi connectivity index (χ2v) is 3.72. The Hall–Kier alpha value is -0.560. The van der Waals surface area contributed by atoms with Crippen molar-refractivity contribution in [1.82, 2.24) is 5.32 Å². The lowest BCUT2D eigenvalue weighted by molar-refractivity contribution is 0.501. The van der Waals surface area contributed by atoms with Gasteiger partial charge >= 0.3 is 0 Å². The van der Waals surface area contributed by atoms with Crippen LogP contribution in [-0.2, 0) is 0 Å². The first-order valence-corrected chi connectivity index (χ1v) is 4.35. The van der Waals surface area contributed by atoms with Crippen LogP contribution in [0.15, 0.2) is 24.3 Å². The van der Waals surface area contributed by atoms with Crippen LogP contribution in [0, 0.1) is 5.92 Å². The second kappa shape index (κ2) is 2.49. The standard InChI is InChI=1S/C10H15N/c1-3-4-8-5-7(2)6-9-10(8)11-9/h3,6,8-11H,1,4-5H2,2H3/t8-,9-,10+/m0/s1. The lowest BCUT2D eigenvalue weighted by Gasteiger charge is -2.17. The van der Waals surface area contributed by atoms with Gasteiger partial charge in [-0.3, -0.25) is 0 Å². The van der Waals surface area contributed by atoms with Gasteiger partial charge in [0, 0.05) is 12.1 Å². The van der Waals surface area contributed by atoms with Gasteiger partial charge in [-0.1, -0.05) is 17.7 Å². The summed E-state index contributed by atoms with van der Waals surface area (Å²) in [6, 6.07) is 1.48. The predicted octanol–water partition coefficient (Wildman–Crippen LogP) is 1.87. The van der Waals surface area contributed by atoms with Crippen molar-refractivity contribution in [3.8, 4) is 0 Å². The summed E-state index contributed by atoms with van der Waals surface area (Å²) in [4.78, 5) is 0. The van der Waals surface area contributed by atoms with Crippen LogP contribution in [0.1, 0.15) is 19.8 Å². The first-order chi connectivity index (χ1) is 5.31. The third-order valence-electron chi connectivity index (χ3n) is 2.69. The zero-order valence-corrected chi connectivity index (χ0v) is 7.01. The highest BCUT2D eigenvalue weighted by molar-refractivity contribution is 5.24. The van der Waals surface area contributed by atoms with Crippen LogP contribution in [0.3, 0.4) is 0 Å². The average Bonchev–Trinajstić information content (AvgIpc) is 2.66. The molecular weight excluding hydrogens is 134 g/mol. The zero-order chi connectivity index (χ0) is 7.84. The summed E-state index contributed by atoms with van der Waals surface area (Å²) in [6.07, 6.45) is 6.84. The highest BCUT2D eigenvalue weighted by Crippen LogP contribution is 2.34. The summed E-state index contributed by atoms with van der Waals surface area (Å²) in [5.74, 6) is 0.822. The van der Waals surface area contributed by atoms with Gasteiger partial charge in [-0.15, -0.1) is 6.58 Å². The lowest BCUT2D eigenvalue weighted by Crippen LogP contribution is -2.14. The molecule has 1 fully saturated rings. The van der Waals surface area contributed by atoms with E-state index in [0.717, 1.165) is 12.0 Å². The van der Waals surface area contributed by atoms with Gasteiger partial charge in [-0.25, -0.2) is 0 Å². The maximum atomic E-state index is 3.79. The Bertz CT molecular complexity index is 205. The van der Waals surface area contributed by atoms with E-state index >= 15 is 0 Å². The molecule has 0 aromatic carbocycles. The molecule has 2 rings (SSSR count). The molecule has 2 aliphatic rings. The number of hydrogen-bond donors (Lipinski definition) is 1. The molecule has 0 aromatic heterocycles. The van der Waals surface area contributed by atoms with Crippen LogP contribution >= 0.6 is 0 Å². The fourth-order valence-electron chi connectivity index (χ4n) is 2.11. The van der Waals surface area contributed by atoms with Gasteiger partial charge in [-0.05, 0) is 25.7 Å². The Labute approximate surface area is 68.2 Å². The molecule has 1 aliphatic heterocycles. The van der Waals surface area contributed by atoms with Gasteiger partial charge in [0.15, 0.2) is 0 Å². The maximum absolute atomic E-state index is 3.79. The van der Waals surface area contributed by atoms with E-state index in [1.807, 2.05) is 6.08 Å². The minimum atomic E-state index is 0.702. The average molecular weight is 149 g/mol. The van der Waals surface area contributed by atoms with E-state index in [4.69, 9.17) is 0 Å². The SMILES string of the molecule is C=CC[C@H]1CC(C)=C[C@@H]2N[C@H]12. The van der Waals surface area contributed by atoms with Crippen molar-refractivity contribution >= 4 is 0 Å². The normalized spacial score (nSPS) is 40.8. The van der Waals surface area contributed by atoms with Crippen LogP contribution in [0.25, 0.3) is 0 Å². The highest BCUT2D eigenvalue weighted by atomic mass is 15.2. The number of rotatable bonds is 2. The summed E-state index contributed by atoms with van der Waals surface area (Å²) in [7, 11) is 0. The Balaban J connectivity index is 2.03. The third-order valence-corrected chi connectivity index (χ3v) is 2.69. The van der Waals surface area contributed by atoms with Crippen molar-refractivity contribution in [2.45, 2.75) is 31.8 Å². The molecule has 0 aromatic rings. The number of fused-ring (bicyclic) bond motifs is 1. The van der Waals surface area contributed by atoms with Crippen LogP contribution in [0.2, 0.25) is 0 Å². The number of hydrogen-bond acceptors (Lipinski definition) is 1. The van der Waals surface area contributed by atoms with E-state index < -0.39 is 0 Å². The monoisotopic (exact) mass is 149 g/mol. The molecule has 0 bridgehead atoms. The van der Waals surface area contributed by atoms with E-state index in [-0.39, 0.29) is 0 Å². The molecule has 0 amide bonds. The summed E-state index contributed by atoms with van der Waals surface area (Å²) < 4.78 is 0. The van der Waals surface area contributed by atoms with Gasteiger partial charge in [-0.2, -0.15) is 0 Å². The van der Waals surface area contributed by atoms with Crippen LogP contribution < -0.4 is 5.32 Å².